The number of benzene rings is 1. The zero-order valence-corrected chi connectivity index (χ0v) is 16.2. The van der Waals surface area contributed by atoms with Gasteiger partial charge in [-0.1, -0.05) is 49.1 Å². The van der Waals surface area contributed by atoms with Crippen molar-refractivity contribution in [2.24, 2.45) is 0 Å². The van der Waals surface area contributed by atoms with Gasteiger partial charge < -0.3 is 14.8 Å². The number of hydrogen-bond donors (Lipinski definition) is 1. The molecule has 1 heterocycles. The quantitative estimate of drug-likeness (QED) is 0.742. The van der Waals surface area contributed by atoms with Gasteiger partial charge in [-0.3, -0.25) is 4.79 Å². The number of carbonyl (C=O) groups excluding carboxylic acids is 1. The molecule has 144 valence electrons. The summed E-state index contributed by atoms with van der Waals surface area (Å²) >= 11 is 0. The van der Waals surface area contributed by atoms with E-state index in [0.29, 0.717) is 24.8 Å². The number of carbonyl (C=O) groups is 1. The van der Waals surface area contributed by atoms with Crippen LogP contribution in [0.4, 0.5) is 5.69 Å². The second kappa shape index (κ2) is 9.00. The summed E-state index contributed by atoms with van der Waals surface area (Å²) in [6, 6.07) is 12.0. The highest BCUT2D eigenvalue weighted by atomic mass is 16.5. The normalized spacial score (nSPS) is 15.9. The van der Waals surface area contributed by atoms with Crippen LogP contribution in [0.15, 0.2) is 42.6 Å². The summed E-state index contributed by atoms with van der Waals surface area (Å²) < 4.78 is 10.4. The van der Waals surface area contributed by atoms with Gasteiger partial charge in [0.25, 0.3) is 0 Å². The van der Waals surface area contributed by atoms with E-state index in [4.69, 9.17) is 9.47 Å². The van der Waals surface area contributed by atoms with Gasteiger partial charge >= 0.3 is 0 Å². The highest BCUT2D eigenvalue weighted by Crippen LogP contribution is 2.40. The predicted octanol–water partition coefficient (Wildman–Crippen LogP) is 4.26. The highest BCUT2D eigenvalue weighted by Gasteiger charge is 2.41. The van der Waals surface area contributed by atoms with Crippen molar-refractivity contribution >= 4 is 11.6 Å². The first-order valence-corrected chi connectivity index (χ1v) is 9.60. The third kappa shape index (κ3) is 4.66. The lowest BCUT2D eigenvalue weighted by Gasteiger charge is -2.36. The molecule has 5 heteroatoms. The molecule has 5 nitrogen and oxygen atoms in total. The molecule has 1 N–H and O–H groups in total. The summed E-state index contributed by atoms with van der Waals surface area (Å²) in [6.45, 7) is 3.03. The minimum absolute atomic E-state index is 0.0564. The Balaban J connectivity index is 1.74. The zero-order valence-electron chi connectivity index (χ0n) is 16.2. The van der Waals surface area contributed by atoms with E-state index in [1.807, 2.05) is 6.07 Å². The molecule has 1 fully saturated rings. The van der Waals surface area contributed by atoms with Crippen molar-refractivity contribution in [1.29, 1.82) is 0 Å². The van der Waals surface area contributed by atoms with Crippen LogP contribution < -0.4 is 10.1 Å². The number of nitrogens with zero attached hydrogens (tertiary/aromatic N) is 1. The molecule has 0 spiro atoms. The summed E-state index contributed by atoms with van der Waals surface area (Å²) in [4.78, 5) is 17.5. The van der Waals surface area contributed by atoms with Gasteiger partial charge in [-0.05, 0) is 31.4 Å². The van der Waals surface area contributed by atoms with Gasteiger partial charge in [0, 0.05) is 13.2 Å². The Kier molecular flexibility index (Phi) is 6.45. The second-order valence-corrected chi connectivity index (χ2v) is 7.19. The molecule has 0 saturated heterocycles. The monoisotopic (exact) mass is 368 g/mol. The lowest BCUT2D eigenvalue weighted by molar-refractivity contribution is -0.122. The van der Waals surface area contributed by atoms with Gasteiger partial charge in [0.15, 0.2) is 0 Å². The third-order valence-corrected chi connectivity index (χ3v) is 5.28. The summed E-state index contributed by atoms with van der Waals surface area (Å²) in [5.41, 5.74) is 2.55. The first kappa shape index (κ1) is 19.4. The minimum Gasteiger partial charge on any atom is -0.475 e. The molecule has 1 aliphatic rings. The number of rotatable bonds is 7. The van der Waals surface area contributed by atoms with Crippen LogP contribution in [0.2, 0.25) is 0 Å². The van der Waals surface area contributed by atoms with Crippen molar-refractivity contribution < 1.29 is 14.3 Å². The second-order valence-electron chi connectivity index (χ2n) is 7.19. The van der Waals surface area contributed by atoms with Crippen molar-refractivity contribution in [2.75, 3.05) is 25.6 Å². The molecule has 0 aliphatic heterocycles. The first-order valence-electron chi connectivity index (χ1n) is 9.60. The van der Waals surface area contributed by atoms with E-state index < -0.39 is 5.41 Å². The molecule has 0 radical (unpaired) electrons. The minimum atomic E-state index is -0.459. The third-order valence-electron chi connectivity index (χ3n) is 5.28. The van der Waals surface area contributed by atoms with Gasteiger partial charge in [-0.2, -0.15) is 0 Å². The number of anilines is 1. The van der Waals surface area contributed by atoms with E-state index in [2.05, 4.69) is 41.5 Å². The van der Waals surface area contributed by atoms with Crippen LogP contribution in [0.5, 0.6) is 5.88 Å². The summed E-state index contributed by atoms with van der Waals surface area (Å²) in [7, 11) is 1.63. The fourth-order valence-electron chi connectivity index (χ4n) is 3.69. The Bertz CT molecular complexity index is 735. The lowest BCUT2D eigenvalue weighted by atomic mass is 9.68. The molecule has 1 aliphatic carbocycles. The van der Waals surface area contributed by atoms with Crippen LogP contribution >= 0.6 is 0 Å². The van der Waals surface area contributed by atoms with Gasteiger partial charge in [-0.15, -0.1) is 0 Å². The smallest absolute Gasteiger partial charge is 0.235 e. The number of amides is 1. The largest absolute Gasteiger partial charge is 0.475 e. The SMILES string of the molecule is COCCOc1ccc(NC(=O)C2(c3ccc(C)cc3)CCCCC2)cn1. The van der Waals surface area contributed by atoms with Crippen LogP contribution in [0.1, 0.15) is 43.2 Å². The maximum absolute atomic E-state index is 13.3. The average molecular weight is 368 g/mol. The van der Waals surface area contributed by atoms with Gasteiger partial charge in [0.1, 0.15) is 6.61 Å². The van der Waals surface area contributed by atoms with E-state index >= 15 is 0 Å². The van der Waals surface area contributed by atoms with Gasteiger partial charge in [0.2, 0.25) is 11.8 Å². The number of pyridine rings is 1. The molecule has 0 unspecified atom stereocenters. The number of ether oxygens (including phenoxy) is 2. The topological polar surface area (TPSA) is 60.5 Å². The molecule has 0 atom stereocenters. The predicted molar refractivity (Wildman–Crippen MR) is 106 cm³/mol. The average Bonchev–Trinajstić information content (AvgIpc) is 2.70. The Morgan fingerprint density at radius 1 is 1.07 bits per heavy atom. The number of aryl methyl sites for hydroxylation is 1. The maximum atomic E-state index is 13.3. The lowest BCUT2D eigenvalue weighted by Crippen LogP contribution is -2.42. The molecule has 1 aromatic heterocycles. The van der Waals surface area contributed by atoms with Crippen LogP contribution in [-0.2, 0) is 14.9 Å². The Hall–Kier alpha value is -2.40. The fraction of sp³-hybridized carbons (Fsp3) is 0.455. The molecule has 1 amide bonds. The molecular weight excluding hydrogens is 340 g/mol. The number of hydrogen-bond acceptors (Lipinski definition) is 4. The van der Waals surface area contributed by atoms with Crippen molar-refractivity contribution in [2.45, 2.75) is 44.4 Å². The number of methoxy groups -OCH3 is 1. The Morgan fingerprint density at radius 2 is 1.81 bits per heavy atom. The van der Waals surface area contributed by atoms with Crippen molar-refractivity contribution in [1.82, 2.24) is 4.98 Å². The molecule has 27 heavy (non-hydrogen) atoms. The molecule has 0 bridgehead atoms. The van der Waals surface area contributed by atoms with Crippen LogP contribution in [0.25, 0.3) is 0 Å². The molecule has 1 aromatic carbocycles. The van der Waals surface area contributed by atoms with E-state index in [-0.39, 0.29) is 5.91 Å². The van der Waals surface area contributed by atoms with E-state index in [0.717, 1.165) is 31.2 Å². The van der Waals surface area contributed by atoms with E-state index in [1.54, 1.807) is 19.4 Å². The van der Waals surface area contributed by atoms with Crippen LogP contribution in [0.3, 0.4) is 0 Å². The standard InChI is InChI=1S/C22H28N2O3/c1-17-6-8-18(9-7-17)22(12-4-3-5-13-22)21(25)24-19-10-11-20(23-16-19)27-15-14-26-2/h6-11,16H,3-5,12-15H2,1-2H3,(H,24,25). The highest BCUT2D eigenvalue weighted by molar-refractivity contribution is 5.99. The maximum Gasteiger partial charge on any atom is 0.235 e. The fourth-order valence-corrected chi connectivity index (χ4v) is 3.69. The number of nitrogens with one attached hydrogen (secondary N) is 1. The molecule has 3 rings (SSSR count). The molecule has 2 aromatic rings. The first-order chi connectivity index (χ1) is 13.1. The summed E-state index contributed by atoms with van der Waals surface area (Å²) in [6.07, 6.45) is 6.75. The molecule has 1 saturated carbocycles. The summed E-state index contributed by atoms with van der Waals surface area (Å²) in [5, 5.41) is 3.08. The van der Waals surface area contributed by atoms with Crippen LogP contribution in [-0.4, -0.2) is 31.2 Å². The van der Waals surface area contributed by atoms with Crippen molar-refractivity contribution in [3.63, 3.8) is 0 Å². The number of aromatic nitrogens is 1. The van der Waals surface area contributed by atoms with Crippen LogP contribution in [0, 0.1) is 6.92 Å². The van der Waals surface area contributed by atoms with Crippen molar-refractivity contribution in [3.05, 3.63) is 53.7 Å². The van der Waals surface area contributed by atoms with Crippen molar-refractivity contribution in [3.8, 4) is 5.88 Å². The molecular formula is C22H28N2O3. The Morgan fingerprint density at radius 3 is 2.44 bits per heavy atom. The zero-order chi connectivity index (χ0) is 19.1. The Labute approximate surface area is 161 Å². The summed E-state index contributed by atoms with van der Waals surface area (Å²) in [5.74, 6) is 0.580. The van der Waals surface area contributed by atoms with Gasteiger partial charge in [-0.25, -0.2) is 4.98 Å². The van der Waals surface area contributed by atoms with Gasteiger partial charge in [0.05, 0.1) is 23.9 Å². The van der Waals surface area contributed by atoms with E-state index in [1.165, 1.54) is 12.0 Å². The van der Waals surface area contributed by atoms with E-state index in [9.17, 15) is 4.79 Å².